The Morgan fingerprint density at radius 1 is 0.422 bits per heavy atom. The minimum Gasteiger partial charge on any atom is -0.497 e. The summed E-state index contributed by atoms with van der Waals surface area (Å²) in [5, 5.41) is 8.31. The number of nitrogens with one attached hydrogen (secondary N) is 3. The molecule has 109 heavy (non-hydrogen) atoms. The largest absolute Gasteiger partial charge is 0.497 e. The molecule has 6 atom stereocenters. The maximum Gasteiger partial charge on any atom is 0.238 e. The Bertz CT molecular complexity index is 3860. The zero-order valence-electron chi connectivity index (χ0n) is 62.9. The number of hydrogen-bond donors (Lipinski definition) is 12. The minimum absolute atomic E-state index is 0.0229. The van der Waals surface area contributed by atoms with Crippen molar-refractivity contribution >= 4 is 63.9 Å². The first-order valence-electron chi connectivity index (χ1n) is 36.8. The Hall–Kier alpha value is -10.3. The fourth-order valence-corrected chi connectivity index (χ4v) is 11.7. The van der Waals surface area contributed by atoms with Gasteiger partial charge in [0, 0.05) is 96.9 Å². The number of benzene rings is 6. The maximum absolute atomic E-state index is 13.4. The van der Waals surface area contributed by atoms with Gasteiger partial charge in [-0.05, 0) is 110 Å². The van der Waals surface area contributed by atoms with E-state index in [1.807, 2.05) is 134 Å². The van der Waals surface area contributed by atoms with Crippen LogP contribution < -0.4 is 81.8 Å². The molecule has 0 radical (unpaired) electrons. The molecule has 21 N–H and O–H groups in total. The van der Waals surface area contributed by atoms with E-state index in [0.29, 0.717) is 113 Å². The highest BCUT2D eigenvalue weighted by atomic mass is 16.5. The van der Waals surface area contributed by atoms with Crippen LogP contribution in [0.3, 0.4) is 0 Å². The van der Waals surface area contributed by atoms with Crippen molar-refractivity contribution in [1.82, 2.24) is 35.6 Å². The van der Waals surface area contributed by atoms with Crippen LogP contribution in [-0.2, 0) is 81.7 Å². The SMILES string of the molecule is CCOc1ccc(CC(=O)[C@H](CCc2ccccc2)NC(=O)[C@@H](N)CC(=O)N(CCN)CCN)cc1.COc1ccc(OC)c(CC(=O)[C@H](CCc2ccccc2)NC(=O)[C@@H](N)CC(=O)N(CCN)CCN)c1.NCCN(CCN)C(=O)C[C@H](N)C(=O)N[C@@H](CCc1ccccc1)C(=O)Cc1nc2ccccc2o1. The molecule has 29 nitrogen and oxygen atoms in total. The first kappa shape index (κ1) is 89.3. The molecule has 0 spiro atoms. The van der Waals surface area contributed by atoms with Gasteiger partial charge in [-0.2, -0.15) is 0 Å². The van der Waals surface area contributed by atoms with Crippen LogP contribution in [0.2, 0.25) is 0 Å². The van der Waals surface area contributed by atoms with E-state index in [1.54, 1.807) is 37.4 Å². The third kappa shape index (κ3) is 31.8. The van der Waals surface area contributed by atoms with Gasteiger partial charge in [-0.25, -0.2) is 4.98 Å². The Kier molecular flexibility index (Phi) is 40.6. The summed E-state index contributed by atoms with van der Waals surface area (Å²) < 4.78 is 21.8. The highest BCUT2D eigenvalue weighted by Gasteiger charge is 2.31. The van der Waals surface area contributed by atoms with Crippen LogP contribution in [0.4, 0.5) is 0 Å². The lowest BCUT2D eigenvalue weighted by molar-refractivity contribution is -0.135. The Morgan fingerprint density at radius 2 is 0.780 bits per heavy atom. The van der Waals surface area contributed by atoms with E-state index in [2.05, 4.69) is 20.9 Å². The molecule has 7 aromatic rings. The lowest BCUT2D eigenvalue weighted by Gasteiger charge is -2.24. The van der Waals surface area contributed by atoms with Gasteiger partial charge in [-0.3, -0.25) is 43.2 Å². The molecule has 6 aromatic carbocycles. The van der Waals surface area contributed by atoms with Crippen LogP contribution in [0.25, 0.3) is 11.1 Å². The lowest BCUT2D eigenvalue weighted by atomic mass is 9.96. The number of ketones is 3. The van der Waals surface area contributed by atoms with Crippen molar-refractivity contribution in [3.8, 4) is 17.2 Å². The van der Waals surface area contributed by atoms with Gasteiger partial charge in [0.1, 0.15) is 22.8 Å². The number of carbonyl (C=O) groups excluding carboxylic acids is 9. The molecule has 0 saturated heterocycles. The highest BCUT2D eigenvalue weighted by molar-refractivity contribution is 5.96. The van der Waals surface area contributed by atoms with Crippen molar-refractivity contribution in [2.24, 2.45) is 51.6 Å². The van der Waals surface area contributed by atoms with Gasteiger partial charge in [0.15, 0.2) is 22.9 Å². The van der Waals surface area contributed by atoms with Gasteiger partial charge in [-0.1, -0.05) is 115 Å². The molecule has 0 aliphatic carbocycles. The molecule has 6 amide bonds. The van der Waals surface area contributed by atoms with Gasteiger partial charge in [-0.15, -0.1) is 0 Å². The average molecular weight is 1510 g/mol. The van der Waals surface area contributed by atoms with Gasteiger partial charge in [0.25, 0.3) is 0 Å². The van der Waals surface area contributed by atoms with Crippen molar-refractivity contribution in [2.75, 3.05) is 99.4 Å². The number of amides is 6. The molecule has 0 aliphatic heterocycles. The number of Topliss-reactive ketones (excluding diaryl/α,β-unsaturated/α-hetero) is 3. The summed E-state index contributed by atoms with van der Waals surface area (Å²) in [6.07, 6.45) is 2.38. The maximum atomic E-state index is 13.4. The Morgan fingerprint density at radius 3 is 1.14 bits per heavy atom. The topological polar surface area (TPSA) is 487 Å². The monoisotopic (exact) mass is 1500 g/mol. The molecule has 1 heterocycles. The quantitative estimate of drug-likeness (QED) is 0.0258. The molecule has 0 saturated carbocycles. The highest BCUT2D eigenvalue weighted by Crippen LogP contribution is 2.26. The van der Waals surface area contributed by atoms with Crippen LogP contribution in [-0.4, -0.2) is 208 Å². The molecule has 0 fully saturated rings. The summed E-state index contributed by atoms with van der Waals surface area (Å²) in [7, 11) is 3.07. The standard InChI is InChI=1S/C27H39N5O5.C27H39N5O4.C26H34N6O4/c1-36-21-9-11-25(37-2)20(16-21)17-24(33)23(10-8-19-6-4-3-5-7-19)31-27(35)22(30)18-26(34)32(14-12-28)15-13-29;1-2-36-22-11-8-21(9-12-22)18-25(33)24(13-10-20-6-4-3-5-7-20)31-27(35)23(30)19-26(34)32(16-14-28)17-15-29;27-12-14-32(15-13-28)25(34)16-19(29)26(35)31-20(11-10-18-6-2-1-3-7-18)22(33)17-24-30-21-8-4-5-9-23(21)36-24/h3-7,9,11,16,22-23H,8,10,12-15,17-18,28-30H2,1-2H3,(H,31,35);3-9,11-12,23-24H,2,10,13-19,28-30H2,1H3,(H,31,35);1-9,19-20H,10-17,27-29H2,(H,31,35)/t22-,23-;23-,24-;19-,20-/m000/s1. The van der Waals surface area contributed by atoms with Crippen molar-refractivity contribution in [3.63, 3.8) is 0 Å². The Balaban J connectivity index is 0.000000293. The number of aryl methyl sites for hydroxylation is 3. The van der Waals surface area contributed by atoms with Gasteiger partial charge in [0.2, 0.25) is 41.3 Å². The zero-order valence-corrected chi connectivity index (χ0v) is 62.9. The van der Waals surface area contributed by atoms with E-state index in [4.69, 9.17) is 70.2 Å². The van der Waals surface area contributed by atoms with Crippen molar-refractivity contribution in [1.29, 1.82) is 0 Å². The predicted octanol–water partition coefficient (Wildman–Crippen LogP) is 1.69. The van der Waals surface area contributed by atoms with Crippen LogP contribution in [0.5, 0.6) is 17.2 Å². The number of nitrogens with zero attached hydrogens (tertiary/aromatic N) is 4. The minimum atomic E-state index is -1.12. The molecular weight excluding hydrogens is 1390 g/mol. The van der Waals surface area contributed by atoms with Crippen molar-refractivity contribution in [3.05, 3.63) is 191 Å². The zero-order chi connectivity index (χ0) is 79.5. The molecule has 0 aliphatic rings. The molecule has 29 heteroatoms. The predicted molar refractivity (Wildman–Crippen MR) is 419 cm³/mol. The fraction of sp³-hybridized carbons (Fsp3) is 0.425. The summed E-state index contributed by atoms with van der Waals surface area (Å²) in [5.74, 6) is -1.05. The van der Waals surface area contributed by atoms with Gasteiger partial charge >= 0.3 is 0 Å². The summed E-state index contributed by atoms with van der Waals surface area (Å²) in [4.78, 5) is 125. The molecule has 0 unspecified atom stereocenters. The second kappa shape index (κ2) is 49.6. The molecule has 0 bridgehead atoms. The number of aromatic nitrogens is 1. The first-order valence-corrected chi connectivity index (χ1v) is 36.8. The second-order valence-corrected chi connectivity index (χ2v) is 25.8. The average Bonchev–Trinajstić information content (AvgIpc) is 1.42. The van der Waals surface area contributed by atoms with Gasteiger partial charge < -0.3 is 101 Å². The normalized spacial score (nSPS) is 12.5. The molecule has 1 aromatic heterocycles. The van der Waals surface area contributed by atoms with Gasteiger partial charge in [0.05, 0.1) is 82.8 Å². The van der Waals surface area contributed by atoms with Crippen LogP contribution in [0.1, 0.15) is 79.2 Å². The number of hydrogen-bond acceptors (Lipinski definition) is 23. The summed E-state index contributed by atoms with van der Waals surface area (Å²) in [6, 6.07) is 43.1. The summed E-state index contributed by atoms with van der Waals surface area (Å²) >= 11 is 0. The van der Waals surface area contributed by atoms with Crippen LogP contribution in [0.15, 0.2) is 162 Å². The number of ether oxygens (including phenoxy) is 3. The fourth-order valence-electron chi connectivity index (χ4n) is 11.7. The van der Waals surface area contributed by atoms with Crippen LogP contribution >= 0.6 is 0 Å². The van der Waals surface area contributed by atoms with Crippen molar-refractivity contribution in [2.45, 2.75) is 120 Å². The van der Waals surface area contributed by atoms with E-state index in [1.165, 1.54) is 21.8 Å². The number of oxazole rings is 1. The number of fused-ring (bicyclic) bond motifs is 1. The first-order chi connectivity index (χ1) is 52.6. The van der Waals surface area contributed by atoms with E-state index >= 15 is 0 Å². The lowest BCUT2D eigenvalue weighted by Crippen LogP contribution is -2.51. The van der Waals surface area contributed by atoms with E-state index < -0.39 is 54.0 Å². The number of para-hydroxylation sites is 2. The third-order valence-electron chi connectivity index (χ3n) is 17.6. The van der Waals surface area contributed by atoms with E-state index in [0.717, 1.165) is 28.0 Å². The van der Waals surface area contributed by atoms with E-state index in [9.17, 15) is 43.2 Å². The number of methoxy groups -OCH3 is 2. The second-order valence-electron chi connectivity index (χ2n) is 25.8. The third-order valence-corrected chi connectivity index (χ3v) is 17.6. The number of carbonyl (C=O) groups is 9. The summed E-state index contributed by atoms with van der Waals surface area (Å²) in [5.41, 5.74) is 57.4. The van der Waals surface area contributed by atoms with Crippen LogP contribution in [0, 0.1) is 0 Å². The summed E-state index contributed by atoms with van der Waals surface area (Å²) in [6.45, 7) is 6.12. The Labute approximate surface area is 638 Å². The molecule has 7 rings (SSSR count). The van der Waals surface area contributed by atoms with Crippen molar-refractivity contribution < 1.29 is 61.8 Å². The van der Waals surface area contributed by atoms with E-state index in [-0.39, 0.29) is 119 Å². The number of rotatable bonds is 46. The molecule has 590 valence electrons. The number of nitrogens with two attached hydrogens (primary N) is 9. The molecular formula is C80H112N16O13. The smallest absolute Gasteiger partial charge is 0.238 e.